The number of rotatable bonds is 5. The molecule has 2 heterocycles. The van der Waals surface area contributed by atoms with Crippen molar-refractivity contribution < 1.29 is 14.2 Å². The van der Waals surface area contributed by atoms with Crippen molar-refractivity contribution in [3.8, 4) is 11.6 Å². The summed E-state index contributed by atoms with van der Waals surface area (Å²) < 4.78 is 10.5. The highest BCUT2D eigenvalue weighted by Crippen LogP contribution is 2.36. The zero-order chi connectivity index (χ0) is 18.0. The van der Waals surface area contributed by atoms with Crippen molar-refractivity contribution in [2.24, 2.45) is 0 Å². The van der Waals surface area contributed by atoms with Gasteiger partial charge in [0.05, 0.1) is 4.92 Å². The number of aromatic nitrogens is 3. The van der Waals surface area contributed by atoms with Crippen LogP contribution in [0.5, 0.6) is 11.6 Å². The quantitative estimate of drug-likeness (QED) is 0.531. The molecule has 0 aliphatic heterocycles. The summed E-state index contributed by atoms with van der Waals surface area (Å²) in [5.74, 6) is 0.935. The molecule has 0 fully saturated rings. The molecule has 0 saturated heterocycles. The van der Waals surface area contributed by atoms with Gasteiger partial charge in [0.2, 0.25) is 5.82 Å². The predicted octanol–water partition coefficient (Wildman–Crippen LogP) is 4.18. The van der Waals surface area contributed by atoms with Crippen LogP contribution in [0, 0.1) is 24.0 Å². The van der Waals surface area contributed by atoms with Gasteiger partial charge in [-0.2, -0.15) is 4.98 Å². The number of nitrogens with one attached hydrogen (secondary N) is 1. The molecule has 0 saturated carbocycles. The molecule has 0 atom stereocenters. The number of hydrogen-bond donors (Lipinski definition) is 1. The van der Waals surface area contributed by atoms with Crippen molar-refractivity contribution in [2.75, 3.05) is 5.32 Å². The molecular formula is C15H12ClN5O4. The van der Waals surface area contributed by atoms with E-state index in [1.54, 1.807) is 38.1 Å². The SMILES string of the molecule is Cc1cc(Nc2ncnc(Oc3ccc(Cl)c(C)c3)c2[N+](=O)[O-])no1. The Morgan fingerprint density at radius 1 is 1.28 bits per heavy atom. The maximum Gasteiger partial charge on any atom is 0.373 e. The third-order valence-corrected chi connectivity index (χ3v) is 3.61. The molecule has 0 bridgehead atoms. The summed E-state index contributed by atoms with van der Waals surface area (Å²) in [6.45, 7) is 3.49. The van der Waals surface area contributed by atoms with Gasteiger partial charge in [-0.05, 0) is 37.6 Å². The van der Waals surface area contributed by atoms with Crippen LogP contribution in [0.4, 0.5) is 17.3 Å². The fourth-order valence-electron chi connectivity index (χ4n) is 2.03. The third kappa shape index (κ3) is 3.66. The normalized spacial score (nSPS) is 10.5. The highest BCUT2D eigenvalue weighted by atomic mass is 35.5. The van der Waals surface area contributed by atoms with E-state index in [1.807, 2.05) is 0 Å². The monoisotopic (exact) mass is 361 g/mol. The van der Waals surface area contributed by atoms with E-state index >= 15 is 0 Å². The number of nitrogens with zero attached hydrogens (tertiary/aromatic N) is 4. The fourth-order valence-corrected chi connectivity index (χ4v) is 2.15. The van der Waals surface area contributed by atoms with E-state index in [9.17, 15) is 10.1 Å². The van der Waals surface area contributed by atoms with Crippen LogP contribution in [0.2, 0.25) is 5.02 Å². The van der Waals surface area contributed by atoms with Crippen LogP contribution >= 0.6 is 11.6 Å². The van der Waals surface area contributed by atoms with E-state index in [2.05, 4.69) is 20.4 Å². The Morgan fingerprint density at radius 2 is 2.08 bits per heavy atom. The first-order chi connectivity index (χ1) is 11.9. The fraction of sp³-hybridized carbons (Fsp3) is 0.133. The van der Waals surface area contributed by atoms with Crippen molar-refractivity contribution >= 4 is 28.9 Å². The molecule has 3 rings (SSSR count). The zero-order valence-electron chi connectivity index (χ0n) is 13.2. The molecule has 0 aliphatic rings. The van der Waals surface area contributed by atoms with E-state index < -0.39 is 10.6 Å². The molecule has 128 valence electrons. The molecule has 25 heavy (non-hydrogen) atoms. The molecule has 0 amide bonds. The minimum atomic E-state index is -0.632. The van der Waals surface area contributed by atoms with Gasteiger partial charge in [-0.3, -0.25) is 10.1 Å². The Bertz CT molecular complexity index is 943. The van der Waals surface area contributed by atoms with Gasteiger partial charge in [0, 0.05) is 11.1 Å². The summed E-state index contributed by atoms with van der Waals surface area (Å²) >= 11 is 5.97. The minimum Gasteiger partial charge on any atom is -0.434 e. The van der Waals surface area contributed by atoms with E-state index in [-0.39, 0.29) is 17.5 Å². The smallest absolute Gasteiger partial charge is 0.373 e. The molecule has 3 aromatic rings. The van der Waals surface area contributed by atoms with Crippen LogP contribution in [0.25, 0.3) is 0 Å². The average Bonchev–Trinajstić information content (AvgIpc) is 2.96. The van der Waals surface area contributed by atoms with Gasteiger partial charge >= 0.3 is 11.6 Å². The Labute approximate surface area is 146 Å². The van der Waals surface area contributed by atoms with Crippen molar-refractivity contribution in [3.05, 3.63) is 57.1 Å². The number of benzene rings is 1. The van der Waals surface area contributed by atoms with Crippen LogP contribution in [-0.4, -0.2) is 20.0 Å². The molecule has 0 radical (unpaired) electrons. The van der Waals surface area contributed by atoms with Crippen LogP contribution < -0.4 is 10.1 Å². The number of halogens is 1. The van der Waals surface area contributed by atoms with Crippen molar-refractivity contribution in [1.29, 1.82) is 0 Å². The molecule has 0 spiro atoms. The Hall–Kier alpha value is -3.20. The van der Waals surface area contributed by atoms with Gasteiger partial charge in [0.1, 0.15) is 17.8 Å². The van der Waals surface area contributed by atoms with Gasteiger partial charge in [-0.15, -0.1) is 0 Å². The summed E-state index contributed by atoms with van der Waals surface area (Å²) in [7, 11) is 0. The summed E-state index contributed by atoms with van der Waals surface area (Å²) in [6, 6.07) is 6.46. The van der Waals surface area contributed by atoms with Gasteiger partial charge in [-0.25, -0.2) is 4.98 Å². The number of nitro groups is 1. The van der Waals surface area contributed by atoms with E-state index in [0.29, 0.717) is 16.5 Å². The number of hydrogen-bond acceptors (Lipinski definition) is 8. The second-order valence-corrected chi connectivity index (χ2v) is 5.50. The van der Waals surface area contributed by atoms with Crippen LogP contribution in [0.3, 0.4) is 0 Å². The number of anilines is 2. The van der Waals surface area contributed by atoms with Crippen molar-refractivity contribution in [1.82, 2.24) is 15.1 Å². The van der Waals surface area contributed by atoms with E-state index in [0.717, 1.165) is 11.9 Å². The Balaban J connectivity index is 1.97. The Morgan fingerprint density at radius 3 is 2.72 bits per heavy atom. The number of ether oxygens (including phenoxy) is 1. The molecule has 1 aromatic carbocycles. The maximum absolute atomic E-state index is 11.5. The predicted molar refractivity (Wildman–Crippen MR) is 89.5 cm³/mol. The summed E-state index contributed by atoms with van der Waals surface area (Å²) in [4.78, 5) is 18.6. The van der Waals surface area contributed by atoms with E-state index in [4.69, 9.17) is 20.9 Å². The molecule has 0 unspecified atom stereocenters. The second kappa shape index (κ2) is 6.73. The summed E-state index contributed by atoms with van der Waals surface area (Å²) in [6.07, 6.45) is 1.15. The first-order valence-electron chi connectivity index (χ1n) is 7.08. The highest BCUT2D eigenvalue weighted by Gasteiger charge is 2.26. The van der Waals surface area contributed by atoms with Gasteiger partial charge in [0.15, 0.2) is 5.82 Å². The lowest BCUT2D eigenvalue weighted by Crippen LogP contribution is -2.03. The lowest BCUT2D eigenvalue weighted by molar-refractivity contribution is -0.385. The zero-order valence-corrected chi connectivity index (χ0v) is 13.9. The average molecular weight is 362 g/mol. The van der Waals surface area contributed by atoms with Crippen LogP contribution in [0.15, 0.2) is 35.1 Å². The lowest BCUT2D eigenvalue weighted by Gasteiger charge is -2.08. The van der Waals surface area contributed by atoms with Crippen LogP contribution in [-0.2, 0) is 0 Å². The first-order valence-corrected chi connectivity index (χ1v) is 7.45. The molecule has 2 aromatic heterocycles. The molecule has 9 nitrogen and oxygen atoms in total. The maximum atomic E-state index is 11.5. The van der Waals surface area contributed by atoms with Crippen LogP contribution in [0.1, 0.15) is 11.3 Å². The standard InChI is InChI=1S/C15H12ClN5O4/c1-8-5-10(3-4-11(8)16)24-15-13(21(22)23)14(17-7-18-15)19-12-6-9(2)25-20-12/h3-7H,1-2H3,(H,17,18,19,20). The summed E-state index contributed by atoms with van der Waals surface area (Å²) in [5, 5.41) is 18.5. The first kappa shape index (κ1) is 16.7. The van der Waals surface area contributed by atoms with Gasteiger partial charge in [0.25, 0.3) is 0 Å². The van der Waals surface area contributed by atoms with E-state index in [1.165, 1.54) is 0 Å². The van der Waals surface area contributed by atoms with Gasteiger partial charge < -0.3 is 14.6 Å². The number of aryl methyl sites for hydroxylation is 2. The highest BCUT2D eigenvalue weighted by molar-refractivity contribution is 6.31. The van der Waals surface area contributed by atoms with Gasteiger partial charge in [-0.1, -0.05) is 16.8 Å². The molecule has 10 heteroatoms. The molecule has 1 N–H and O–H groups in total. The lowest BCUT2D eigenvalue weighted by atomic mass is 10.2. The molecular weight excluding hydrogens is 350 g/mol. The summed E-state index contributed by atoms with van der Waals surface area (Å²) in [5.41, 5.74) is 0.350. The third-order valence-electron chi connectivity index (χ3n) is 3.19. The second-order valence-electron chi connectivity index (χ2n) is 5.09. The minimum absolute atomic E-state index is 0.0611. The van der Waals surface area contributed by atoms with Crippen molar-refractivity contribution in [3.63, 3.8) is 0 Å². The Kier molecular flexibility index (Phi) is 4.48. The topological polar surface area (TPSA) is 116 Å². The van der Waals surface area contributed by atoms with Crippen molar-refractivity contribution in [2.45, 2.75) is 13.8 Å². The largest absolute Gasteiger partial charge is 0.434 e. The molecule has 0 aliphatic carbocycles.